The Hall–Kier alpha value is -1.43. The molecule has 1 amide bonds. The summed E-state index contributed by atoms with van der Waals surface area (Å²) in [5.74, 6) is 2.60. The van der Waals surface area contributed by atoms with E-state index in [0.717, 1.165) is 50.3 Å². The Labute approximate surface area is 131 Å². The lowest BCUT2D eigenvalue weighted by atomic mass is 10.00. The van der Waals surface area contributed by atoms with Gasteiger partial charge in [0.25, 0.3) is 0 Å². The lowest BCUT2D eigenvalue weighted by Crippen LogP contribution is -2.32. The van der Waals surface area contributed by atoms with Crippen LogP contribution in [0.2, 0.25) is 0 Å². The maximum absolute atomic E-state index is 12.0. The second kappa shape index (κ2) is 7.22. The Morgan fingerprint density at radius 2 is 2.14 bits per heavy atom. The Balaban J connectivity index is 1.45. The summed E-state index contributed by atoms with van der Waals surface area (Å²) in [6.45, 7) is 1.65. The van der Waals surface area contributed by atoms with Crippen LogP contribution in [0.3, 0.4) is 0 Å². The number of hydrogen-bond donors (Lipinski definition) is 2. The Morgan fingerprint density at radius 1 is 1.23 bits per heavy atom. The topological polar surface area (TPSA) is 85.8 Å². The largest absolute Gasteiger partial charge is 0.356 e. The van der Waals surface area contributed by atoms with Gasteiger partial charge in [0.2, 0.25) is 5.91 Å². The van der Waals surface area contributed by atoms with Crippen molar-refractivity contribution in [3.63, 3.8) is 0 Å². The predicted molar refractivity (Wildman–Crippen MR) is 84.2 cm³/mol. The van der Waals surface area contributed by atoms with Crippen molar-refractivity contribution >= 4 is 5.91 Å². The summed E-state index contributed by atoms with van der Waals surface area (Å²) >= 11 is 0. The number of aryl methyl sites for hydroxylation is 1. The van der Waals surface area contributed by atoms with Crippen LogP contribution >= 0.6 is 0 Å². The molecule has 1 aromatic heterocycles. The molecule has 1 aromatic rings. The highest BCUT2D eigenvalue weighted by Crippen LogP contribution is 2.26. The van der Waals surface area contributed by atoms with Gasteiger partial charge in [0, 0.05) is 38.4 Å². The van der Waals surface area contributed by atoms with Crippen molar-refractivity contribution in [2.75, 3.05) is 6.54 Å². The van der Waals surface area contributed by atoms with Gasteiger partial charge in [-0.3, -0.25) is 4.79 Å². The van der Waals surface area contributed by atoms with Crippen LogP contribution in [-0.4, -0.2) is 33.3 Å². The summed E-state index contributed by atoms with van der Waals surface area (Å²) in [5, 5.41) is 11.6. The average Bonchev–Trinajstić information content (AvgIpc) is 2.98. The summed E-state index contributed by atoms with van der Waals surface area (Å²) in [6, 6.07) is 0.206. The van der Waals surface area contributed by atoms with Crippen LogP contribution in [-0.2, 0) is 24.2 Å². The molecule has 1 fully saturated rings. The lowest BCUT2D eigenvalue weighted by Gasteiger charge is -2.14. The van der Waals surface area contributed by atoms with Crippen molar-refractivity contribution < 1.29 is 4.79 Å². The molecular weight excluding hydrogens is 278 g/mol. The molecule has 6 heteroatoms. The normalized spacial score (nSPS) is 24.8. The molecule has 22 heavy (non-hydrogen) atoms. The van der Waals surface area contributed by atoms with Gasteiger partial charge in [0.05, 0.1) is 0 Å². The molecule has 3 N–H and O–H groups in total. The summed E-state index contributed by atoms with van der Waals surface area (Å²) in [5.41, 5.74) is 6.02. The van der Waals surface area contributed by atoms with Crippen LogP contribution in [0, 0.1) is 5.92 Å². The molecule has 2 heterocycles. The minimum absolute atomic E-state index is 0.123. The second-order valence-corrected chi connectivity index (χ2v) is 6.65. The summed E-state index contributed by atoms with van der Waals surface area (Å²) in [7, 11) is 0. The SMILES string of the molecule is N[C@@H]1CCC[C@H]1CC(=O)NCCc1nnc2n1CCCCC2. The number of rotatable bonds is 5. The van der Waals surface area contributed by atoms with Crippen molar-refractivity contribution in [3.8, 4) is 0 Å². The number of nitrogens with one attached hydrogen (secondary N) is 1. The first kappa shape index (κ1) is 15.5. The zero-order valence-electron chi connectivity index (χ0n) is 13.3. The Bertz CT molecular complexity index is 513. The maximum atomic E-state index is 12.0. The zero-order chi connectivity index (χ0) is 15.4. The molecule has 1 saturated carbocycles. The molecule has 0 saturated heterocycles. The third kappa shape index (κ3) is 3.66. The van der Waals surface area contributed by atoms with E-state index >= 15 is 0 Å². The van der Waals surface area contributed by atoms with Crippen molar-refractivity contribution in [1.82, 2.24) is 20.1 Å². The molecule has 0 bridgehead atoms. The van der Waals surface area contributed by atoms with Gasteiger partial charge < -0.3 is 15.6 Å². The fourth-order valence-electron chi connectivity index (χ4n) is 3.67. The fourth-order valence-corrected chi connectivity index (χ4v) is 3.67. The Morgan fingerprint density at radius 3 is 2.95 bits per heavy atom. The van der Waals surface area contributed by atoms with Gasteiger partial charge in [0.15, 0.2) is 0 Å². The van der Waals surface area contributed by atoms with E-state index in [4.69, 9.17) is 5.73 Å². The molecule has 2 atom stereocenters. The second-order valence-electron chi connectivity index (χ2n) is 6.65. The smallest absolute Gasteiger partial charge is 0.220 e. The number of fused-ring (bicyclic) bond motifs is 1. The highest BCUT2D eigenvalue weighted by Gasteiger charge is 2.25. The van der Waals surface area contributed by atoms with E-state index in [1.165, 1.54) is 19.3 Å². The van der Waals surface area contributed by atoms with Gasteiger partial charge in [-0.2, -0.15) is 0 Å². The molecule has 6 nitrogen and oxygen atoms in total. The molecule has 0 radical (unpaired) electrons. The molecule has 0 aromatic carbocycles. The van der Waals surface area contributed by atoms with E-state index in [9.17, 15) is 4.79 Å². The highest BCUT2D eigenvalue weighted by atomic mass is 16.1. The first-order valence-corrected chi connectivity index (χ1v) is 8.67. The van der Waals surface area contributed by atoms with Crippen LogP contribution in [0.25, 0.3) is 0 Å². The minimum atomic E-state index is 0.123. The standard InChI is InChI=1S/C16H27N5O/c17-13-6-4-5-12(13)11-16(22)18-9-8-15-20-19-14-7-2-1-3-10-21(14)15/h12-13H,1-11,17H2,(H,18,22)/t12-,13+/m0/s1. The lowest BCUT2D eigenvalue weighted by molar-refractivity contribution is -0.122. The molecule has 122 valence electrons. The van der Waals surface area contributed by atoms with E-state index in [-0.39, 0.29) is 11.9 Å². The van der Waals surface area contributed by atoms with Crippen LogP contribution < -0.4 is 11.1 Å². The van der Waals surface area contributed by atoms with E-state index in [0.29, 0.717) is 18.9 Å². The van der Waals surface area contributed by atoms with Crippen LogP contribution in [0.15, 0.2) is 0 Å². The average molecular weight is 305 g/mol. The molecule has 0 unspecified atom stereocenters. The summed E-state index contributed by atoms with van der Waals surface area (Å²) < 4.78 is 2.24. The molecule has 0 spiro atoms. The van der Waals surface area contributed by atoms with Crippen molar-refractivity contribution in [3.05, 3.63) is 11.6 Å². The highest BCUT2D eigenvalue weighted by molar-refractivity contribution is 5.76. The van der Waals surface area contributed by atoms with Gasteiger partial charge in [-0.15, -0.1) is 10.2 Å². The van der Waals surface area contributed by atoms with E-state index < -0.39 is 0 Å². The quantitative estimate of drug-likeness (QED) is 0.855. The van der Waals surface area contributed by atoms with Crippen molar-refractivity contribution in [2.24, 2.45) is 11.7 Å². The van der Waals surface area contributed by atoms with E-state index in [2.05, 4.69) is 20.1 Å². The first-order valence-electron chi connectivity index (χ1n) is 8.67. The molecule has 1 aliphatic heterocycles. The van der Waals surface area contributed by atoms with Gasteiger partial charge >= 0.3 is 0 Å². The zero-order valence-corrected chi connectivity index (χ0v) is 13.3. The third-order valence-electron chi connectivity index (χ3n) is 5.02. The minimum Gasteiger partial charge on any atom is -0.356 e. The predicted octanol–water partition coefficient (Wildman–Crippen LogP) is 1.18. The molecule has 3 rings (SSSR count). The number of nitrogens with two attached hydrogens (primary N) is 1. The fraction of sp³-hybridized carbons (Fsp3) is 0.812. The molecule has 2 aliphatic rings. The van der Waals surface area contributed by atoms with Crippen LogP contribution in [0.5, 0.6) is 0 Å². The number of nitrogens with zero attached hydrogens (tertiary/aromatic N) is 3. The number of aromatic nitrogens is 3. The summed E-state index contributed by atoms with van der Waals surface area (Å²) in [4.78, 5) is 12.0. The molecule has 1 aliphatic carbocycles. The first-order chi connectivity index (χ1) is 10.7. The van der Waals surface area contributed by atoms with Crippen LogP contribution in [0.4, 0.5) is 0 Å². The molecular formula is C16H27N5O. The van der Waals surface area contributed by atoms with E-state index in [1.54, 1.807) is 0 Å². The van der Waals surface area contributed by atoms with Crippen LogP contribution in [0.1, 0.15) is 56.6 Å². The van der Waals surface area contributed by atoms with Gasteiger partial charge in [0.1, 0.15) is 11.6 Å². The number of carbonyl (C=O) groups is 1. The van der Waals surface area contributed by atoms with Gasteiger partial charge in [-0.05, 0) is 31.6 Å². The number of carbonyl (C=O) groups excluding carboxylic acids is 1. The van der Waals surface area contributed by atoms with E-state index in [1.807, 2.05) is 0 Å². The van der Waals surface area contributed by atoms with Crippen molar-refractivity contribution in [2.45, 2.75) is 70.4 Å². The van der Waals surface area contributed by atoms with Gasteiger partial charge in [-0.25, -0.2) is 0 Å². The number of hydrogen-bond acceptors (Lipinski definition) is 4. The summed E-state index contributed by atoms with van der Waals surface area (Å²) in [6.07, 6.45) is 9.33. The number of amides is 1. The monoisotopic (exact) mass is 305 g/mol. The van der Waals surface area contributed by atoms with Crippen molar-refractivity contribution in [1.29, 1.82) is 0 Å². The third-order valence-corrected chi connectivity index (χ3v) is 5.02. The Kier molecular flexibility index (Phi) is 5.08. The van der Waals surface area contributed by atoms with Gasteiger partial charge in [-0.1, -0.05) is 12.8 Å². The maximum Gasteiger partial charge on any atom is 0.220 e.